The summed E-state index contributed by atoms with van der Waals surface area (Å²) in [6.07, 6.45) is 0. The number of likely N-dealkylation sites (N-methyl/N-ethyl adjacent to an activating group) is 2. The summed E-state index contributed by atoms with van der Waals surface area (Å²) in [5.74, 6) is 0.564. The summed E-state index contributed by atoms with van der Waals surface area (Å²) in [7, 11) is 6.49. The van der Waals surface area contributed by atoms with Crippen LogP contribution in [0.1, 0.15) is 48.5 Å². The van der Waals surface area contributed by atoms with Crippen LogP contribution in [0.25, 0.3) is 0 Å². The van der Waals surface area contributed by atoms with Crippen LogP contribution < -0.4 is 5.73 Å². The molecule has 0 saturated heterocycles. The van der Waals surface area contributed by atoms with Gasteiger partial charge in [0.1, 0.15) is 0 Å². The minimum atomic E-state index is 0.352. The molecule has 0 amide bonds. The molecule has 3 nitrogen and oxygen atoms in total. The van der Waals surface area contributed by atoms with E-state index in [9.17, 15) is 0 Å². The summed E-state index contributed by atoms with van der Waals surface area (Å²) in [6.45, 7) is 6.22. The van der Waals surface area contributed by atoms with Crippen molar-refractivity contribution in [2.45, 2.75) is 31.8 Å². The lowest BCUT2D eigenvalue weighted by molar-refractivity contribution is 0.148. The first-order valence-corrected chi connectivity index (χ1v) is 7.16. The van der Waals surface area contributed by atoms with Gasteiger partial charge in [-0.1, -0.05) is 32.0 Å². The van der Waals surface area contributed by atoms with Crippen molar-refractivity contribution in [1.82, 2.24) is 9.80 Å². The summed E-state index contributed by atoms with van der Waals surface area (Å²) in [6, 6.07) is 7.77. The Hall–Kier alpha value is -0.900. The van der Waals surface area contributed by atoms with Crippen LogP contribution in [0.5, 0.6) is 0 Å². The van der Waals surface area contributed by atoms with Gasteiger partial charge in [0.2, 0.25) is 0 Å². The predicted molar refractivity (Wildman–Crippen MR) is 81.4 cm³/mol. The van der Waals surface area contributed by atoms with E-state index in [4.69, 9.17) is 5.73 Å². The maximum atomic E-state index is 6.00. The van der Waals surface area contributed by atoms with E-state index in [0.29, 0.717) is 24.5 Å². The molecule has 0 saturated carbocycles. The molecule has 0 aromatic heterocycles. The third-order valence-corrected chi connectivity index (χ3v) is 4.34. The molecule has 106 valence electrons. The monoisotopic (exact) mass is 261 g/mol. The number of benzene rings is 1. The number of hydrogen-bond donors (Lipinski definition) is 1. The zero-order valence-corrected chi connectivity index (χ0v) is 12.9. The smallest absolute Gasteiger partial charge is 0.0472 e. The maximum absolute atomic E-state index is 6.00. The molecule has 2 atom stereocenters. The quantitative estimate of drug-likeness (QED) is 0.906. The molecule has 0 fully saturated rings. The highest BCUT2D eigenvalue weighted by Gasteiger charge is 2.31. The molecule has 2 unspecified atom stereocenters. The molecule has 1 heterocycles. The Balaban J connectivity index is 2.51. The topological polar surface area (TPSA) is 32.5 Å². The van der Waals surface area contributed by atoms with Gasteiger partial charge in [-0.05, 0) is 43.8 Å². The Morgan fingerprint density at radius 1 is 1.32 bits per heavy atom. The van der Waals surface area contributed by atoms with E-state index in [0.717, 1.165) is 6.54 Å². The molecule has 19 heavy (non-hydrogen) atoms. The van der Waals surface area contributed by atoms with E-state index in [2.05, 4.69) is 63.0 Å². The average Bonchev–Trinajstić information content (AvgIpc) is 2.36. The van der Waals surface area contributed by atoms with Gasteiger partial charge < -0.3 is 10.6 Å². The highest BCUT2D eigenvalue weighted by Crippen LogP contribution is 2.37. The molecule has 3 heteroatoms. The molecule has 1 aliphatic rings. The van der Waals surface area contributed by atoms with Crippen LogP contribution in [0.3, 0.4) is 0 Å². The van der Waals surface area contributed by atoms with E-state index in [1.54, 1.807) is 0 Å². The van der Waals surface area contributed by atoms with Crippen LogP contribution >= 0.6 is 0 Å². The summed E-state index contributed by atoms with van der Waals surface area (Å²) in [4.78, 5) is 4.69. The second kappa shape index (κ2) is 5.61. The van der Waals surface area contributed by atoms with E-state index in [1.165, 1.54) is 16.7 Å². The van der Waals surface area contributed by atoms with E-state index in [1.807, 2.05) is 0 Å². The summed E-state index contributed by atoms with van der Waals surface area (Å²) in [5.41, 5.74) is 10.3. The largest absolute Gasteiger partial charge is 0.329 e. The van der Waals surface area contributed by atoms with E-state index in [-0.39, 0.29) is 0 Å². The number of nitrogens with zero attached hydrogens (tertiary/aromatic N) is 2. The minimum absolute atomic E-state index is 0.352. The van der Waals surface area contributed by atoms with Crippen molar-refractivity contribution in [1.29, 1.82) is 0 Å². The van der Waals surface area contributed by atoms with Crippen molar-refractivity contribution < 1.29 is 0 Å². The number of fused-ring (bicyclic) bond motifs is 1. The maximum Gasteiger partial charge on any atom is 0.0472 e. The van der Waals surface area contributed by atoms with Gasteiger partial charge in [0.15, 0.2) is 0 Å². The lowest BCUT2D eigenvalue weighted by Gasteiger charge is -2.41. The first-order chi connectivity index (χ1) is 8.95. The van der Waals surface area contributed by atoms with Crippen LogP contribution in [0.4, 0.5) is 0 Å². The second-order valence-corrected chi connectivity index (χ2v) is 6.21. The molecular weight excluding hydrogens is 234 g/mol. The van der Waals surface area contributed by atoms with Crippen LogP contribution in [0.2, 0.25) is 0 Å². The van der Waals surface area contributed by atoms with Crippen molar-refractivity contribution >= 4 is 0 Å². The normalized spacial score (nSPS) is 24.0. The fraction of sp³-hybridized carbons (Fsp3) is 0.625. The minimum Gasteiger partial charge on any atom is -0.329 e. The van der Waals surface area contributed by atoms with Crippen molar-refractivity contribution in [3.05, 3.63) is 34.9 Å². The number of nitrogens with two attached hydrogens (primary N) is 1. The van der Waals surface area contributed by atoms with E-state index >= 15 is 0 Å². The predicted octanol–water partition coefficient (Wildman–Crippen LogP) is 2.36. The Bertz CT molecular complexity index is 440. The first-order valence-electron chi connectivity index (χ1n) is 7.16. The lowest BCUT2D eigenvalue weighted by atomic mass is 9.86. The van der Waals surface area contributed by atoms with Gasteiger partial charge in [0.25, 0.3) is 0 Å². The lowest BCUT2D eigenvalue weighted by Crippen LogP contribution is -2.42. The molecule has 0 radical (unpaired) electrons. The van der Waals surface area contributed by atoms with Gasteiger partial charge in [-0.25, -0.2) is 0 Å². The number of hydrogen-bond acceptors (Lipinski definition) is 3. The van der Waals surface area contributed by atoms with Crippen molar-refractivity contribution in [3.63, 3.8) is 0 Å². The molecule has 0 spiro atoms. The highest BCUT2D eigenvalue weighted by atomic mass is 15.2. The van der Waals surface area contributed by atoms with Crippen LogP contribution in [-0.4, -0.2) is 44.0 Å². The molecule has 1 aromatic rings. The average molecular weight is 261 g/mol. The molecule has 1 aromatic carbocycles. The first kappa shape index (κ1) is 14.5. The molecular formula is C16H27N3. The van der Waals surface area contributed by atoms with Gasteiger partial charge in [-0.3, -0.25) is 4.90 Å². The Labute approximate surface area is 117 Å². The third-order valence-electron chi connectivity index (χ3n) is 4.34. The Morgan fingerprint density at radius 3 is 2.53 bits per heavy atom. The zero-order valence-electron chi connectivity index (χ0n) is 12.9. The van der Waals surface area contributed by atoms with Gasteiger partial charge >= 0.3 is 0 Å². The van der Waals surface area contributed by atoms with Crippen molar-refractivity contribution in [2.75, 3.05) is 34.2 Å². The Morgan fingerprint density at radius 2 is 2.00 bits per heavy atom. The summed E-state index contributed by atoms with van der Waals surface area (Å²) >= 11 is 0. The standard InChI is InChI=1S/C16H27N3/c1-11(2)12-6-7-13-14(8-12)15(9-17)19(5)10-16(13)18(3)4/h6-8,11,15-16H,9-10,17H2,1-5H3. The SMILES string of the molecule is CC(C)c1ccc2c(c1)C(CN)N(C)CC2N(C)C. The van der Waals surface area contributed by atoms with Crippen LogP contribution in [0, 0.1) is 0 Å². The van der Waals surface area contributed by atoms with Gasteiger partial charge in [-0.2, -0.15) is 0 Å². The number of rotatable bonds is 3. The fourth-order valence-electron chi connectivity index (χ4n) is 3.03. The zero-order chi connectivity index (χ0) is 14.2. The summed E-state index contributed by atoms with van der Waals surface area (Å²) in [5, 5.41) is 0. The molecule has 1 aliphatic heterocycles. The van der Waals surface area contributed by atoms with E-state index < -0.39 is 0 Å². The Kier molecular flexibility index (Phi) is 4.29. The van der Waals surface area contributed by atoms with Crippen molar-refractivity contribution in [2.24, 2.45) is 5.73 Å². The fourth-order valence-corrected chi connectivity index (χ4v) is 3.03. The van der Waals surface area contributed by atoms with Gasteiger partial charge in [0.05, 0.1) is 0 Å². The van der Waals surface area contributed by atoms with Crippen molar-refractivity contribution in [3.8, 4) is 0 Å². The molecule has 2 rings (SSSR count). The van der Waals surface area contributed by atoms with Crippen LogP contribution in [-0.2, 0) is 0 Å². The van der Waals surface area contributed by atoms with Gasteiger partial charge in [0, 0.05) is 25.2 Å². The third kappa shape index (κ3) is 2.69. The summed E-state index contributed by atoms with van der Waals surface area (Å²) < 4.78 is 0. The van der Waals surface area contributed by atoms with Crippen LogP contribution in [0.15, 0.2) is 18.2 Å². The molecule has 0 bridgehead atoms. The molecule has 0 aliphatic carbocycles. The van der Waals surface area contributed by atoms with Gasteiger partial charge in [-0.15, -0.1) is 0 Å². The highest BCUT2D eigenvalue weighted by molar-refractivity contribution is 5.40. The molecule has 2 N–H and O–H groups in total. The second-order valence-electron chi connectivity index (χ2n) is 6.21.